The number of carboxylic acids is 2. The van der Waals surface area contributed by atoms with Gasteiger partial charge in [0.1, 0.15) is 11.5 Å². The fraction of sp³-hybridized carbons (Fsp3) is 0.351. The van der Waals surface area contributed by atoms with Crippen molar-refractivity contribution < 1.29 is 29.3 Å². The molecule has 0 aliphatic heterocycles. The highest BCUT2D eigenvalue weighted by Gasteiger charge is 2.18. The van der Waals surface area contributed by atoms with Crippen LogP contribution in [0.3, 0.4) is 0 Å². The van der Waals surface area contributed by atoms with Crippen LogP contribution in [0.5, 0.6) is 11.5 Å². The Kier molecular flexibility index (Phi) is 13.6. The molecular weight excluding hydrogens is 540 g/mol. The summed E-state index contributed by atoms with van der Waals surface area (Å²) in [6.07, 6.45) is 14.4. The van der Waals surface area contributed by atoms with Crippen LogP contribution in [0, 0.1) is 6.92 Å². The summed E-state index contributed by atoms with van der Waals surface area (Å²) in [5.41, 5.74) is 3.75. The molecule has 0 atom stereocenters. The van der Waals surface area contributed by atoms with E-state index in [1.165, 1.54) is 0 Å². The molecule has 0 spiro atoms. The van der Waals surface area contributed by atoms with Gasteiger partial charge in [0, 0.05) is 5.56 Å². The Morgan fingerprint density at radius 2 is 1.12 bits per heavy atom. The predicted octanol–water partition coefficient (Wildman–Crippen LogP) is 9.76. The largest absolute Gasteiger partial charge is 0.494 e. The Balaban J connectivity index is 1.80. The topological polar surface area (TPSA) is 93.1 Å². The van der Waals surface area contributed by atoms with Crippen molar-refractivity contribution in [3.63, 3.8) is 0 Å². The smallest absolute Gasteiger partial charge is 0.336 e. The molecule has 0 amide bonds. The van der Waals surface area contributed by atoms with Crippen LogP contribution in [0.15, 0.2) is 79.9 Å². The van der Waals surface area contributed by atoms with Crippen molar-refractivity contribution in [2.45, 2.75) is 71.1 Å². The van der Waals surface area contributed by atoms with Gasteiger partial charge < -0.3 is 19.7 Å². The van der Waals surface area contributed by atoms with Gasteiger partial charge in [0.2, 0.25) is 0 Å². The van der Waals surface area contributed by atoms with Gasteiger partial charge in [-0.05, 0) is 104 Å². The first-order valence-electron chi connectivity index (χ1n) is 15.2. The van der Waals surface area contributed by atoms with E-state index in [9.17, 15) is 19.8 Å². The molecule has 3 aromatic carbocycles. The third kappa shape index (κ3) is 10.2. The van der Waals surface area contributed by atoms with Crippen molar-refractivity contribution >= 4 is 11.9 Å². The average molecular weight is 585 g/mol. The Hall–Kier alpha value is -4.32. The molecule has 0 unspecified atom stereocenters. The summed E-state index contributed by atoms with van der Waals surface area (Å²) >= 11 is 0. The van der Waals surface area contributed by atoms with Crippen molar-refractivity contribution in [2.24, 2.45) is 0 Å². The summed E-state index contributed by atoms with van der Waals surface area (Å²) in [6.45, 7) is 10.5. The second kappa shape index (κ2) is 17.6. The summed E-state index contributed by atoms with van der Waals surface area (Å²) < 4.78 is 11.9. The van der Waals surface area contributed by atoms with Gasteiger partial charge in [-0.3, -0.25) is 0 Å². The van der Waals surface area contributed by atoms with Crippen molar-refractivity contribution in [1.29, 1.82) is 0 Å². The third-order valence-electron chi connectivity index (χ3n) is 7.41. The van der Waals surface area contributed by atoms with Crippen LogP contribution in [-0.4, -0.2) is 35.4 Å². The van der Waals surface area contributed by atoms with Gasteiger partial charge in [-0.15, -0.1) is 13.2 Å². The minimum absolute atomic E-state index is 0.176. The van der Waals surface area contributed by atoms with E-state index >= 15 is 0 Å². The standard InChI is InChI=1S/C37H44O6/c1-4-6-8-10-12-14-22-42-29-17-20-32(36(38)39)34(25-29)28-16-19-31(27(3)24-28)35-26-30(18-21-33(35)37(40)41)43-23-15-13-11-9-7-5-2/h4-5,16-21,24-26H,1-2,6-15,22-23H2,3H3,(H,38,39)(H,40,41). The molecule has 0 aliphatic carbocycles. The van der Waals surface area contributed by atoms with Gasteiger partial charge in [0.15, 0.2) is 0 Å². The molecule has 2 N–H and O–H groups in total. The SMILES string of the molecule is C=CCCCCCCOc1ccc(C(=O)O)c(-c2ccc(-c3cc(OCCCCCCC=C)ccc3C(=O)O)c(C)c2)c1. The van der Waals surface area contributed by atoms with E-state index in [-0.39, 0.29) is 11.1 Å². The molecule has 228 valence electrons. The number of carboxylic acid groups (broad SMARTS) is 2. The zero-order valence-electron chi connectivity index (χ0n) is 25.3. The van der Waals surface area contributed by atoms with Gasteiger partial charge in [-0.1, -0.05) is 56.0 Å². The highest BCUT2D eigenvalue weighted by molar-refractivity contribution is 5.98. The van der Waals surface area contributed by atoms with Gasteiger partial charge in [-0.25, -0.2) is 9.59 Å². The van der Waals surface area contributed by atoms with E-state index in [1.54, 1.807) is 36.4 Å². The van der Waals surface area contributed by atoms with Crippen LogP contribution in [0.25, 0.3) is 22.3 Å². The first kappa shape index (κ1) is 33.2. The lowest BCUT2D eigenvalue weighted by Gasteiger charge is -2.15. The Labute approximate surface area is 255 Å². The van der Waals surface area contributed by atoms with E-state index in [1.807, 2.05) is 37.3 Å². The number of unbranched alkanes of at least 4 members (excludes halogenated alkanes) is 8. The second-order valence-electron chi connectivity index (χ2n) is 10.7. The van der Waals surface area contributed by atoms with Crippen LogP contribution in [0.4, 0.5) is 0 Å². The van der Waals surface area contributed by atoms with Crippen molar-refractivity contribution in [3.05, 3.63) is 96.6 Å². The molecule has 6 nitrogen and oxygen atoms in total. The Morgan fingerprint density at radius 3 is 1.60 bits per heavy atom. The molecule has 0 aromatic heterocycles. The number of carbonyl (C=O) groups is 2. The maximum absolute atomic E-state index is 12.1. The molecular formula is C37H44O6. The molecule has 0 bridgehead atoms. The average Bonchev–Trinajstić information content (AvgIpc) is 2.99. The summed E-state index contributed by atoms with van der Waals surface area (Å²) in [6, 6.07) is 15.6. The van der Waals surface area contributed by atoms with Gasteiger partial charge in [-0.2, -0.15) is 0 Å². The molecule has 0 heterocycles. The van der Waals surface area contributed by atoms with E-state index in [0.717, 1.165) is 75.3 Å². The minimum atomic E-state index is -1.02. The molecule has 0 saturated carbocycles. The fourth-order valence-electron chi connectivity index (χ4n) is 5.06. The number of ether oxygens (including phenoxy) is 2. The minimum Gasteiger partial charge on any atom is -0.494 e. The van der Waals surface area contributed by atoms with E-state index < -0.39 is 11.9 Å². The van der Waals surface area contributed by atoms with Gasteiger partial charge in [0.05, 0.1) is 24.3 Å². The van der Waals surface area contributed by atoms with Crippen molar-refractivity contribution in [3.8, 4) is 33.8 Å². The number of aryl methyl sites for hydroxylation is 1. The van der Waals surface area contributed by atoms with Crippen LogP contribution < -0.4 is 9.47 Å². The summed E-state index contributed by atoms with van der Waals surface area (Å²) in [7, 11) is 0. The maximum atomic E-state index is 12.1. The second-order valence-corrected chi connectivity index (χ2v) is 10.7. The molecule has 0 aliphatic rings. The lowest BCUT2D eigenvalue weighted by molar-refractivity contribution is 0.0686. The van der Waals surface area contributed by atoms with Crippen molar-refractivity contribution in [2.75, 3.05) is 13.2 Å². The van der Waals surface area contributed by atoms with Gasteiger partial charge >= 0.3 is 11.9 Å². The zero-order chi connectivity index (χ0) is 31.0. The zero-order valence-corrected chi connectivity index (χ0v) is 25.3. The third-order valence-corrected chi connectivity index (χ3v) is 7.41. The molecule has 0 radical (unpaired) electrons. The molecule has 6 heteroatoms. The van der Waals surface area contributed by atoms with Crippen LogP contribution in [0.2, 0.25) is 0 Å². The number of aromatic carboxylic acids is 2. The summed E-state index contributed by atoms with van der Waals surface area (Å²) in [5.74, 6) is -0.810. The summed E-state index contributed by atoms with van der Waals surface area (Å²) in [4.78, 5) is 24.2. The molecule has 0 fully saturated rings. The van der Waals surface area contributed by atoms with E-state index in [0.29, 0.717) is 41.4 Å². The van der Waals surface area contributed by atoms with Crippen LogP contribution in [-0.2, 0) is 0 Å². The normalized spacial score (nSPS) is 10.7. The molecule has 3 rings (SSSR count). The predicted molar refractivity (Wildman–Crippen MR) is 174 cm³/mol. The number of allylic oxidation sites excluding steroid dienone is 2. The molecule has 43 heavy (non-hydrogen) atoms. The maximum Gasteiger partial charge on any atom is 0.336 e. The highest BCUT2D eigenvalue weighted by Crippen LogP contribution is 2.35. The summed E-state index contributed by atoms with van der Waals surface area (Å²) in [5, 5.41) is 19.8. The number of rotatable bonds is 20. The van der Waals surface area contributed by atoms with Crippen LogP contribution in [0.1, 0.15) is 90.5 Å². The first-order chi connectivity index (χ1) is 20.8. The van der Waals surface area contributed by atoms with Crippen LogP contribution >= 0.6 is 0 Å². The monoisotopic (exact) mass is 584 g/mol. The highest BCUT2D eigenvalue weighted by atomic mass is 16.5. The van der Waals surface area contributed by atoms with Crippen molar-refractivity contribution in [1.82, 2.24) is 0 Å². The number of hydrogen-bond donors (Lipinski definition) is 2. The molecule has 3 aromatic rings. The van der Waals surface area contributed by atoms with Gasteiger partial charge in [0.25, 0.3) is 0 Å². The molecule has 0 saturated heterocycles. The fourth-order valence-corrected chi connectivity index (χ4v) is 5.06. The first-order valence-corrected chi connectivity index (χ1v) is 15.2. The Morgan fingerprint density at radius 1 is 0.628 bits per heavy atom. The lowest BCUT2D eigenvalue weighted by atomic mass is 9.91. The Bertz CT molecular complexity index is 1390. The van der Waals surface area contributed by atoms with E-state index in [2.05, 4.69) is 13.2 Å². The van der Waals surface area contributed by atoms with E-state index in [4.69, 9.17) is 9.47 Å². The number of hydrogen-bond acceptors (Lipinski definition) is 4. The lowest BCUT2D eigenvalue weighted by Crippen LogP contribution is -2.04. The quantitative estimate of drug-likeness (QED) is 0.101. The number of benzene rings is 3.